The van der Waals surface area contributed by atoms with Crippen LogP contribution in [0.3, 0.4) is 0 Å². The fourth-order valence-corrected chi connectivity index (χ4v) is 4.42. The molecule has 2 heteroatoms. The van der Waals surface area contributed by atoms with E-state index in [0.717, 1.165) is 11.5 Å². The number of rotatable bonds is 4. The van der Waals surface area contributed by atoms with Crippen molar-refractivity contribution in [2.75, 3.05) is 14.2 Å². The summed E-state index contributed by atoms with van der Waals surface area (Å²) >= 11 is 0. The first-order valence-corrected chi connectivity index (χ1v) is 9.53. The van der Waals surface area contributed by atoms with Gasteiger partial charge in [-0.2, -0.15) is 0 Å². The summed E-state index contributed by atoms with van der Waals surface area (Å²) in [6.07, 6.45) is 0. The smallest absolute Gasteiger partial charge is 0.126 e. The predicted molar refractivity (Wildman–Crippen MR) is 112 cm³/mol. The van der Waals surface area contributed by atoms with Gasteiger partial charge in [0.1, 0.15) is 11.5 Å². The van der Waals surface area contributed by atoms with Crippen LogP contribution in [0.1, 0.15) is 73.4 Å². The minimum atomic E-state index is -0.167. The first-order chi connectivity index (χ1) is 11.9. The average Bonchev–Trinajstić information content (AvgIpc) is 2.76. The molecule has 0 saturated carbocycles. The molecule has 0 amide bonds. The summed E-state index contributed by atoms with van der Waals surface area (Å²) in [5, 5.41) is 0. The van der Waals surface area contributed by atoms with Gasteiger partial charge in [-0.1, -0.05) is 52.7 Å². The third-order valence-electron chi connectivity index (χ3n) is 6.27. The van der Waals surface area contributed by atoms with E-state index in [0.29, 0.717) is 5.92 Å². The largest absolute Gasteiger partial charge is 0.497 e. The number of allylic oxidation sites excluding steroid dienone is 4. The molecule has 0 heterocycles. The van der Waals surface area contributed by atoms with Crippen LogP contribution in [0, 0.1) is 5.92 Å². The molecule has 1 aromatic rings. The van der Waals surface area contributed by atoms with Gasteiger partial charge in [-0.3, -0.25) is 0 Å². The number of methoxy groups -OCH3 is 2. The maximum Gasteiger partial charge on any atom is 0.126 e. The van der Waals surface area contributed by atoms with E-state index >= 15 is 0 Å². The molecule has 0 fully saturated rings. The lowest BCUT2D eigenvalue weighted by atomic mass is 9.71. The normalized spacial score (nSPS) is 18.7. The Morgan fingerprint density at radius 2 is 1.35 bits per heavy atom. The topological polar surface area (TPSA) is 18.5 Å². The van der Waals surface area contributed by atoms with Crippen molar-refractivity contribution in [1.82, 2.24) is 0 Å². The van der Waals surface area contributed by atoms with Crippen molar-refractivity contribution < 1.29 is 9.47 Å². The van der Waals surface area contributed by atoms with Crippen LogP contribution < -0.4 is 9.47 Å². The zero-order valence-electron chi connectivity index (χ0n) is 18.5. The molecule has 1 unspecified atom stereocenters. The molecule has 0 spiro atoms. The van der Waals surface area contributed by atoms with E-state index in [1.54, 1.807) is 14.2 Å². The van der Waals surface area contributed by atoms with Crippen molar-refractivity contribution >= 4 is 0 Å². The Kier molecular flexibility index (Phi) is 5.38. The second-order valence-corrected chi connectivity index (χ2v) is 9.22. The van der Waals surface area contributed by atoms with Gasteiger partial charge < -0.3 is 9.47 Å². The fourth-order valence-electron chi connectivity index (χ4n) is 4.42. The van der Waals surface area contributed by atoms with Crippen molar-refractivity contribution in [2.45, 2.75) is 73.1 Å². The highest BCUT2D eigenvalue weighted by Gasteiger charge is 2.38. The molecule has 1 aromatic carbocycles. The highest BCUT2D eigenvalue weighted by molar-refractivity contribution is 5.61. The number of benzene rings is 1. The Hall–Kier alpha value is -1.70. The minimum absolute atomic E-state index is 0.0299. The molecule has 144 valence electrons. The Morgan fingerprint density at radius 3 is 1.73 bits per heavy atom. The summed E-state index contributed by atoms with van der Waals surface area (Å²) in [5.74, 6) is 2.37. The SMILES string of the molecule is COc1cc(C(C)(C)C)c(OC)c(C(C)(C)C2=C(C)C(C)C(C)=C2C)c1. The van der Waals surface area contributed by atoms with Gasteiger partial charge >= 0.3 is 0 Å². The van der Waals surface area contributed by atoms with Crippen molar-refractivity contribution in [3.05, 3.63) is 45.6 Å². The summed E-state index contributed by atoms with van der Waals surface area (Å²) in [7, 11) is 3.52. The van der Waals surface area contributed by atoms with Gasteiger partial charge in [0.25, 0.3) is 0 Å². The van der Waals surface area contributed by atoms with Crippen LogP contribution in [0.5, 0.6) is 11.5 Å². The molecule has 0 saturated heterocycles. The highest BCUT2D eigenvalue weighted by atomic mass is 16.5. The first-order valence-electron chi connectivity index (χ1n) is 9.53. The van der Waals surface area contributed by atoms with Crippen molar-refractivity contribution in [3.63, 3.8) is 0 Å². The van der Waals surface area contributed by atoms with Crippen LogP contribution in [0.25, 0.3) is 0 Å². The molecule has 2 rings (SSSR count). The van der Waals surface area contributed by atoms with Crippen molar-refractivity contribution in [1.29, 1.82) is 0 Å². The summed E-state index contributed by atoms with van der Waals surface area (Å²) in [6.45, 7) is 20.4. The van der Waals surface area contributed by atoms with Crippen molar-refractivity contribution in [2.24, 2.45) is 5.92 Å². The maximum absolute atomic E-state index is 5.98. The van der Waals surface area contributed by atoms with Gasteiger partial charge in [0, 0.05) is 16.5 Å². The van der Waals surface area contributed by atoms with Crippen LogP contribution in [0.4, 0.5) is 0 Å². The Labute approximate surface area is 160 Å². The van der Waals surface area contributed by atoms with Crippen LogP contribution in [-0.2, 0) is 10.8 Å². The van der Waals surface area contributed by atoms with E-state index in [1.165, 1.54) is 33.4 Å². The molecule has 26 heavy (non-hydrogen) atoms. The predicted octanol–water partition coefficient (Wildman–Crippen LogP) is 6.58. The lowest BCUT2D eigenvalue weighted by Gasteiger charge is -2.34. The molecule has 0 aliphatic heterocycles. The van der Waals surface area contributed by atoms with E-state index in [9.17, 15) is 0 Å². The summed E-state index contributed by atoms with van der Waals surface area (Å²) < 4.78 is 11.6. The lowest BCUT2D eigenvalue weighted by Crippen LogP contribution is -2.25. The standard InChI is InChI=1S/C24H36O2/c1-14-15(2)17(4)21(16(14)3)24(8,9)20-13-18(25-10)12-19(22(20)26-11)23(5,6)7/h12-14H,1-11H3. The van der Waals surface area contributed by atoms with E-state index in [-0.39, 0.29) is 10.8 Å². The molecule has 1 atom stereocenters. The number of hydrogen-bond donors (Lipinski definition) is 0. The second kappa shape index (κ2) is 6.79. The Bertz CT molecular complexity index is 770. The van der Waals surface area contributed by atoms with Crippen LogP contribution in [-0.4, -0.2) is 14.2 Å². The first kappa shape index (κ1) is 20.6. The van der Waals surface area contributed by atoms with Crippen LogP contribution >= 0.6 is 0 Å². The molecule has 0 aromatic heterocycles. The number of hydrogen-bond acceptors (Lipinski definition) is 2. The van der Waals surface area contributed by atoms with E-state index in [4.69, 9.17) is 9.47 Å². The van der Waals surface area contributed by atoms with Crippen LogP contribution in [0.2, 0.25) is 0 Å². The van der Waals surface area contributed by atoms with Gasteiger partial charge in [-0.15, -0.1) is 0 Å². The third-order valence-corrected chi connectivity index (χ3v) is 6.27. The molecule has 2 nitrogen and oxygen atoms in total. The third kappa shape index (κ3) is 3.19. The van der Waals surface area contributed by atoms with Gasteiger partial charge in [0.15, 0.2) is 0 Å². The maximum atomic E-state index is 5.98. The summed E-state index contributed by atoms with van der Waals surface area (Å²) in [6, 6.07) is 4.27. The molecule has 0 bridgehead atoms. The highest BCUT2D eigenvalue weighted by Crippen LogP contribution is 2.51. The van der Waals surface area contributed by atoms with Crippen molar-refractivity contribution in [3.8, 4) is 11.5 Å². The molecule has 0 radical (unpaired) electrons. The van der Waals surface area contributed by atoms with Gasteiger partial charge in [-0.25, -0.2) is 0 Å². The Morgan fingerprint density at radius 1 is 0.808 bits per heavy atom. The quantitative estimate of drug-likeness (QED) is 0.606. The monoisotopic (exact) mass is 356 g/mol. The van der Waals surface area contributed by atoms with Crippen LogP contribution in [0.15, 0.2) is 34.4 Å². The molecular formula is C24H36O2. The van der Waals surface area contributed by atoms with E-state index in [1.807, 2.05) is 0 Å². The molecule has 0 N–H and O–H groups in total. The summed E-state index contributed by atoms with van der Waals surface area (Å²) in [4.78, 5) is 0. The average molecular weight is 357 g/mol. The van der Waals surface area contributed by atoms with Gasteiger partial charge in [0.2, 0.25) is 0 Å². The van der Waals surface area contributed by atoms with Gasteiger partial charge in [0.05, 0.1) is 14.2 Å². The molecule has 1 aliphatic rings. The second-order valence-electron chi connectivity index (χ2n) is 9.22. The summed E-state index contributed by atoms with van der Waals surface area (Å²) in [5.41, 5.74) is 7.98. The lowest BCUT2D eigenvalue weighted by molar-refractivity contribution is 0.374. The van der Waals surface area contributed by atoms with E-state index in [2.05, 4.69) is 74.4 Å². The molecule has 1 aliphatic carbocycles. The zero-order chi connectivity index (χ0) is 20.0. The minimum Gasteiger partial charge on any atom is -0.497 e. The van der Waals surface area contributed by atoms with Gasteiger partial charge in [-0.05, 0) is 55.4 Å². The zero-order valence-corrected chi connectivity index (χ0v) is 18.5. The van der Waals surface area contributed by atoms with E-state index < -0.39 is 0 Å². The Balaban J connectivity index is 2.82. The molecular weight excluding hydrogens is 320 g/mol. The number of ether oxygens (including phenoxy) is 2. The fraction of sp³-hybridized carbons (Fsp3) is 0.583.